The Labute approximate surface area is 79.0 Å². The molecule has 0 aliphatic rings. The molecule has 0 amide bonds. The van der Waals surface area contributed by atoms with Crippen molar-refractivity contribution in [1.82, 2.24) is 14.8 Å². The van der Waals surface area contributed by atoms with Crippen LogP contribution in [-0.4, -0.2) is 27.6 Å². The Bertz CT molecular complexity index is 419. The van der Waals surface area contributed by atoms with Gasteiger partial charge in [0.25, 0.3) is 0 Å². The molecule has 0 spiro atoms. The Morgan fingerprint density at radius 2 is 2.50 bits per heavy atom. The van der Waals surface area contributed by atoms with Crippen LogP contribution in [0, 0.1) is 6.33 Å². The highest BCUT2D eigenvalue weighted by Crippen LogP contribution is 1.74. The first kappa shape index (κ1) is 10.2. The third-order valence-corrected chi connectivity index (χ3v) is 1.31. The third kappa shape index (κ3) is 2.54. The fourth-order valence-electron chi connectivity index (χ4n) is 0.718. The van der Waals surface area contributed by atoms with Crippen LogP contribution in [0.25, 0.3) is 0 Å². The number of H-pyrrole nitrogens is 1. The molecule has 0 fully saturated rings. The first-order valence-electron chi connectivity index (χ1n) is 3.96. The number of aromatic nitrogens is 3. The largest absolute Gasteiger partial charge is 0.396 e. The van der Waals surface area contributed by atoms with E-state index >= 15 is 0 Å². The maximum absolute atomic E-state index is 11.1. The summed E-state index contributed by atoms with van der Waals surface area (Å²) in [5.74, 6) is 0. The van der Waals surface area contributed by atoms with Gasteiger partial charge in [0, 0.05) is 0 Å². The first-order chi connectivity index (χ1) is 6.75. The monoisotopic (exact) mass is 197 g/mol. The van der Waals surface area contributed by atoms with Gasteiger partial charge in [-0.3, -0.25) is 14.2 Å². The summed E-state index contributed by atoms with van der Waals surface area (Å²) in [6.07, 6.45) is 3.66. The van der Waals surface area contributed by atoms with Crippen molar-refractivity contribution in [3.8, 4) is 0 Å². The fraction of sp³-hybridized carbons (Fsp3) is 0.429. The third-order valence-electron chi connectivity index (χ3n) is 1.31. The molecule has 75 valence electrons. The van der Waals surface area contributed by atoms with Crippen molar-refractivity contribution in [3.63, 3.8) is 0 Å². The summed E-state index contributed by atoms with van der Waals surface area (Å²) in [5.41, 5.74) is -1.50. The van der Waals surface area contributed by atoms with Crippen molar-refractivity contribution in [2.45, 2.75) is 13.5 Å². The van der Waals surface area contributed by atoms with Crippen molar-refractivity contribution in [3.05, 3.63) is 27.0 Å². The van der Waals surface area contributed by atoms with Gasteiger partial charge in [-0.25, -0.2) is 5.10 Å². The Morgan fingerprint density at radius 1 is 1.71 bits per heavy atom. The number of nitrogens with zero attached hydrogens (tertiary/aromatic N) is 3. The van der Waals surface area contributed by atoms with E-state index in [0.29, 0.717) is 6.61 Å². The van der Waals surface area contributed by atoms with Crippen LogP contribution in [0.3, 0.4) is 0 Å². The minimum atomic E-state index is -0.784. The number of oxime groups is 1. The lowest BCUT2D eigenvalue weighted by atomic mass is 10.6. The Kier molecular flexibility index (Phi) is 3.59. The summed E-state index contributed by atoms with van der Waals surface area (Å²) in [5, 5.41) is 8.82. The normalized spacial score (nSPS) is 10.6. The van der Waals surface area contributed by atoms with E-state index in [9.17, 15) is 9.59 Å². The van der Waals surface area contributed by atoms with Crippen molar-refractivity contribution in [2.75, 3.05) is 6.61 Å². The van der Waals surface area contributed by atoms with Gasteiger partial charge in [-0.15, -0.1) is 0 Å². The molecule has 7 nitrogen and oxygen atoms in total. The molecule has 0 saturated heterocycles. The van der Waals surface area contributed by atoms with E-state index in [1.165, 1.54) is 6.21 Å². The van der Waals surface area contributed by atoms with Crippen LogP contribution in [0.1, 0.15) is 6.92 Å². The number of aromatic amines is 1. The minimum absolute atomic E-state index is 0.107. The highest BCUT2D eigenvalue weighted by atomic mass is 16.6. The zero-order chi connectivity index (χ0) is 10.4. The van der Waals surface area contributed by atoms with Gasteiger partial charge in [-0.2, -0.15) is 5.10 Å². The lowest BCUT2D eigenvalue weighted by molar-refractivity contribution is 0.159. The van der Waals surface area contributed by atoms with Gasteiger partial charge in [-0.05, 0) is 6.92 Å². The summed E-state index contributed by atoms with van der Waals surface area (Å²) < 4.78 is 1.00. The molecular weight excluding hydrogens is 188 g/mol. The highest BCUT2D eigenvalue weighted by Gasteiger charge is 1.98. The molecule has 0 unspecified atom stereocenters. The smallest absolute Gasteiger partial charge is 0.330 e. The summed E-state index contributed by atoms with van der Waals surface area (Å²) in [4.78, 5) is 26.5. The molecule has 7 heteroatoms. The van der Waals surface area contributed by atoms with Gasteiger partial charge in [-0.1, -0.05) is 5.16 Å². The molecule has 0 atom stereocenters. The van der Waals surface area contributed by atoms with Crippen LogP contribution in [0.5, 0.6) is 0 Å². The number of rotatable bonds is 4. The van der Waals surface area contributed by atoms with Crippen molar-refractivity contribution in [2.24, 2.45) is 5.16 Å². The van der Waals surface area contributed by atoms with Gasteiger partial charge in [0.1, 0.15) is 6.61 Å². The number of nitrogens with one attached hydrogen (secondary N) is 1. The molecule has 0 aromatic carbocycles. The molecule has 0 aliphatic carbocycles. The molecule has 0 saturated carbocycles. The van der Waals surface area contributed by atoms with Crippen LogP contribution in [0.2, 0.25) is 0 Å². The Balaban J connectivity index is 2.73. The van der Waals surface area contributed by atoms with E-state index in [0.717, 1.165) is 4.57 Å². The van der Waals surface area contributed by atoms with E-state index in [4.69, 9.17) is 0 Å². The van der Waals surface area contributed by atoms with Crippen molar-refractivity contribution in [1.29, 1.82) is 0 Å². The van der Waals surface area contributed by atoms with E-state index < -0.39 is 11.1 Å². The molecule has 1 heterocycles. The predicted molar refractivity (Wildman–Crippen MR) is 48.1 cm³/mol. The zero-order valence-electron chi connectivity index (χ0n) is 7.56. The zero-order valence-corrected chi connectivity index (χ0v) is 7.56. The molecule has 1 aromatic heterocycles. The van der Waals surface area contributed by atoms with Crippen LogP contribution in [0.15, 0.2) is 14.7 Å². The fourth-order valence-corrected chi connectivity index (χ4v) is 0.718. The summed E-state index contributed by atoms with van der Waals surface area (Å²) >= 11 is 0. The lowest BCUT2D eigenvalue weighted by Crippen LogP contribution is -2.37. The van der Waals surface area contributed by atoms with E-state index in [2.05, 4.69) is 21.4 Å². The van der Waals surface area contributed by atoms with Gasteiger partial charge < -0.3 is 4.84 Å². The highest BCUT2D eigenvalue weighted by molar-refractivity contribution is 5.55. The molecule has 0 aliphatic heterocycles. The molecule has 1 radical (unpaired) electrons. The molecule has 14 heavy (non-hydrogen) atoms. The lowest BCUT2D eigenvalue weighted by Gasteiger charge is -1.96. The van der Waals surface area contributed by atoms with E-state index in [-0.39, 0.29) is 6.54 Å². The molecule has 0 bridgehead atoms. The van der Waals surface area contributed by atoms with Gasteiger partial charge in [0.2, 0.25) is 6.33 Å². The van der Waals surface area contributed by atoms with Gasteiger partial charge >= 0.3 is 11.1 Å². The molecular formula is C7H9N4O3. The molecule has 1 N–H and O–H groups in total. The second kappa shape index (κ2) is 4.95. The topological polar surface area (TPSA) is 89.3 Å². The Hall–Kier alpha value is -1.92. The van der Waals surface area contributed by atoms with Crippen LogP contribution < -0.4 is 11.1 Å². The average Bonchev–Trinajstić information content (AvgIpc) is 2.19. The van der Waals surface area contributed by atoms with Crippen LogP contribution >= 0.6 is 0 Å². The molecule has 1 rings (SSSR count). The molecule has 1 aromatic rings. The second-order valence-electron chi connectivity index (χ2n) is 2.27. The summed E-state index contributed by atoms with van der Waals surface area (Å²) in [6.45, 7) is 2.34. The van der Waals surface area contributed by atoms with Crippen molar-refractivity contribution < 1.29 is 4.84 Å². The Morgan fingerprint density at radius 3 is 3.21 bits per heavy atom. The van der Waals surface area contributed by atoms with E-state index in [1.807, 2.05) is 5.10 Å². The quantitative estimate of drug-likeness (QED) is 0.371. The minimum Gasteiger partial charge on any atom is -0.396 e. The standard InChI is InChI=1S/C7H9N4O3/c1-2-14-9-3-4-11-5-8-10-6(12)7(11)13/h3H,2,4H2,1H3,(H,10,12)/b9-3-. The van der Waals surface area contributed by atoms with Gasteiger partial charge in [0.15, 0.2) is 0 Å². The first-order valence-corrected chi connectivity index (χ1v) is 3.96. The number of hydrogen-bond acceptors (Lipinski definition) is 5. The van der Waals surface area contributed by atoms with Crippen LogP contribution in [-0.2, 0) is 11.4 Å². The van der Waals surface area contributed by atoms with Crippen molar-refractivity contribution >= 4 is 6.21 Å². The summed E-state index contributed by atoms with van der Waals surface area (Å²) in [6, 6.07) is 0. The van der Waals surface area contributed by atoms with Crippen LogP contribution in [0.4, 0.5) is 0 Å². The average molecular weight is 197 g/mol. The van der Waals surface area contributed by atoms with Gasteiger partial charge in [0.05, 0.1) is 12.8 Å². The maximum Gasteiger partial charge on any atom is 0.330 e. The predicted octanol–water partition coefficient (Wildman–Crippen LogP) is -1.25. The SMILES string of the molecule is CCO/N=C\Cn1[c]n[nH]c(=O)c1=O. The second-order valence-corrected chi connectivity index (χ2v) is 2.27. The summed E-state index contributed by atoms with van der Waals surface area (Å²) in [7, 11) is 0. The number of hydrogen-bond donors (Lipinski definition) is 1. The van der Waals surface area contributed by atoms with E-state index in [1.54, 1.807) is 6.92 Å². The maximum atomic E-state index is 11.1.